The van der Waals surface area contributed by atoms with Gasteiger partial charge in [-0.05, 0) is 12.1 Å². The van der Waals surface area contributed by atoms with Gasteiger partial charge in [0.1, 0.15) is 45.0 Å². The minimum absolute atomic E-state index is 0.0745. The molecule has 0 bridgehead atoms. The van der Waals surface area contributed by atoms with Crippen LogP contribution in [-0.2, 0) is 27.5 Å². The number of amides is 2. The molecule has 8 N–H and O–H groups in total. The van der Waals surface area contributed by atoms with E-state index in [-0.39, 0.29) is 39.0 Å². The number of carbonyl (C=O) groups is 3. The molecule has 4 aromatic heterocycles. The molecular weight excluding hydrogens is 646 g/mol. The summed E-state index contributed by atoms with van der Waals surface area (Å²) in [7, 11) is 1.00. The van der Waals surface area contributed by atoms with Crippen molar-refractivity contribution in [3.05, 3.63) is 75.7 Å². The Balaban J connectivity index is 0.00000196. The van der Waals surface area contributed by atoms with Crippen molar-refractivity contribution in [2.24, 2.45) is 5.73 Å². The number of carboxylic acid groups (broad SMARTS) is 1. The second-order valence-electron chi connectivity index (χ2n) is 9.77. The third-order valence-corrected chi connectivity index (χ3v) is 9.45. The van der Waals surface area contributed by atoms with Crippen molar-refractivity contribution in [1.82, 2.24) is 19.8 Å². The number of nitrogens with two attached hydrogens (primary N) is 2. The van der Waals surface area contributed by atoms with Crippen molar-refractivity contribution in [2.75, 3.05) is 18.6 Å². The predicted molar refractivity (Wildman–Crippen MR) is 165 cm³/mol. The molecule has 0 unspecified atom stereocenters. The highest BCUT2D eigenvalue weighted by Gasteiger charge is 2.53. The van der Waals surface area contributed by atoms with E-state index in [0.717, 1.165) is 34.2 Å². The number of nitrogen functional groups attached to an aromatic ring is 2. The van der Waals surface area contributed by atoms with E-state index >= 15 is 0 Å². The summed E-state index contributed by atoms with van der Waals surface area (Å²) in [5.41, 5.74) is 12.1. The number of furan rings is 1. The van der Waals surface area contributed by atoms with E-state index in [1.165, 1.54) is 18.0 Å². The van der Waals surface area contributed by atoms with E-state index in [1.54, 1.807) is 6.07 Å². The topological polar surface area (TPSA) is 244 Å². The highest BCUT2D eigenvalue weighted by atomic mass is 35.5. The maximum atomic E-state index is 13.0. The third kappa shape index (κ3) is 6.02. The van der Waals surface area contributed by atoms with Gasteiger partial charge < -0.3 is 40.8 Å². The van der Waals surface area contributed by atoms with Gasteiger partial charge in [-0.1, -0.05) is 22.9 Å². The van der Waals surface area contributed by atoms with E-state index in [0.29, 0.717) is 23.4 Å². The quantitative estimate of drug-likeness (QED) is 0.0583. The number of amidine groups is 1. The number of aromatic nitrogens is 3. The Morgan fingerprint density at radius 2 is 2.09 bits per heavy atom. The molecule has 0 radical (unpaired) electrons. The first-order valence-corrected chi connectivity index (χ1v) is 15.3. The molecule has 1 saturated heterocycles. The summed E-state index contributed by atoms with van der Waals surface area (Å²) >= 11 is 8.22. The van der Waals surface area contributed by atoms with Crippen LogP contribution in [0.15, 0.2) is 58.7 Å². The van der Waals surface area contributed by atoms with Crippen LogP contribution >= 0.6 is 34.7 Å². The lowest BCUT2D eigenvalue weighted by molar-refractivity contribution is -0.687. The molecule has 2 atom stereocenters. The Labute approximate surface area is 268 Å². The number of nitrogens with one attached hydrogen (secondary N) is 3. The van der Waals surface area contributed by atoms with Crippen LogP contribution in [0.1, 0.15) is 17.0 Å². The Morgan fingerprint density at radius 1 is 1.33 bits per heavy atom. The number of halogens is 1. The van der Waals surface area contributed by atoms with Crippen molar-refractivity contribution in [1.29, 1.82) is 10.8 Å². The van der Waals surface area contributed by atoms with E-state index < -0.39 is 34.9 Å². The molecule has 45 heavy (non-hydrogen) atoms. The van der Waals surface area contributed by atoms with E-state index in [9.17, 15) is 19.5 Å². The molecule has 4 aromatic rings. The number of hydrogen-bond donors (Lipinski definition) is 6. The van der Waals surface area contributed by atoms with Gasteiger partial charge in [0.05, 0.1) is 34.7 Å². The van der Waals surface area contributed by atoms with Crippen LogP contribution in [0.25, 0.3) is 10.9 Å². The smallest absolute Gasteiger partial charge is 0.272 e. The molecule has 0 aromatic carbocycles. The van der Waals surface area contributed by atoms with Crippen LogP contribution < -0.4 is 26.5 Å². The SMILES string of the molecule is CO.N=C(N)c1coc(Cn2ccc3c[n+](CC4=C(C(=O)[O-])N5C(=O)[C@@H](NC(=O)C(=N)c6nc(N)sc6Cl)[C@H]5SC4)ccc32)c1. The van der Waals surface area contributed by atoms with Gasteiger partial charge in [-0.3, -0.25) is 25.3 Å². The molecule has 18 heteroatoms. The molecule has 0 spiro atoms. The number of aliphatic hydroxyl groups excluding tert-OH is 1. The molecule has 234 valence electrons. The minimum atomic E-state index is -1.49. The highest BCUT2D eigenvalue weighted by Crippen LogP contribution is 2.40. The first-order valence-electron chi connectivity index (χ1n) is 13.1. The van der Waals surface area contributed by atoms with Crippen molar-refractivity contribution in [3.63, 3.8) is 0 Å². The van der Waals surface area contributed by atoms with Crippen molar-refractivity contribution in [2.45, 2.75) is 24.5 Å². The highest BCUT2D eigenvalue weighted by molar-refractivity contribution is 8.00. The lowest BCUT2D eigenvalue weighted by Crippen LogP contribution is -2.71. The number of carbonyl (C=O) groups excluding carboxylic acids is 3. The molecule has 0 saturated carbocycles. The van der Waals surface area contributed by atoms with Crippen molar-refractivity contribution < 1.29 is 33.6 Å². The van der Waals surface area contributed by atoms with E-state index in [1.807, 2.05) is 39.9 Å². The third-order valence-electron chi connectivity index (χ3n) is 7.03. The lowest BCUT2D eigenvalue weighted by atomic mass is 10.0. The summed E-state index contributed by atoms with van der Waals surface area (Å²) in [4.78, 5) is 42.9. The number of rotatable bonds is 9. The molecule has 2 aliphatic rings. The zero-order chi connectivity index (χ0) is 32.6. The number of carboxylic acids is 1. The number of β-lactam (4-membered cyclic amide) rings is 1. The number of fused-ring (bicyclic) bond motifs is 2. The number of anilines is 1. The van der Waals surface area contributed by atoms with E-state index in [2.05, 4.69) is 10.3 Å². The summed E-state index contributed by atoms with van der Waals surface area (Å²) in [6, 6.07) is 4.48. The molecular formula is C27H26ClN9O6S2. The summed E-state index contributed by atoms with van der Waals surface area (Å²) in [5, 5.41) is 37.7. The molecule has 0 aliphatic carbocycles. The Kier molecular flexibility index (Phi) is 8.96. The summed E-state index contributed by atoms with van der Waals surface area (Å²) < 4.78 is 9.38. The zero-order valence-electron chi connectivity index (χ0n) is 23.4. The van der Waals surface area contributed by atoms with Gasteiger partial charge >= 0.3 is 0 Å². The maximum Gasteiger partial charge on any atom is 0.272 e. The average Bonchev–Trinajstić information content (AvgIpc) is 3.74. The first-order chi connectivity index (χ1) is 21.5. The number of pyridine rings is 1. The fraction of sp³-hybridized carbons (Fsp3) is 0.222. The van der Waals surface area contributed by atoms with Crippen molar-refractivity contribution in [3.8, 4) is 0 Å². The van der Waals surface area contributed by atoms with Gasteiger partial charge in [0, 0.05) is 30.7 Å². The Morgan fingerprint density at radius 3 is 2.73 bits per heavy atom. The van der Waals surface area contributed by atoms with Crippen LogP contribution in [0.2, 0.25) is 4.34 Å². The van der Waals surface area contributed by atoms with Gasteiger partial charge in [0.2, 0.25) is 0 Å². The van der Waals surface area contributed by atoms with Gasteiger partial charge in [-0.15, -0.1) is 11.8 Å². The lowest BCUT2D eigenvalue weighted by Gasteiger charge is -2.50. The predicted octanol–water partition coefficient (Wildman–Crippen LogP) is -0.373. The second kappa shape index (κ2) is 12.7. The number of thiazole rings is 1. The van der Waals surface area contributed by atoms with Crippen LogP contribution in [-0.4, -0.2) is 73.2 Å². The van der Waals surface area contributed by atoms with Crippen LogP contribution in [0.4, 0.5) is 5.13 Å². The maximum absolute atomic E-state index is 13.0. The second-order valence-corrected chi connectivity index (χ2v) is 12.5. The standard InChI is InChI=1S/C26H22ClN9O5S2.CH4O/c27-20-17(33-26(31)43-20)16(28)22(37)32-18-23(38)36-19(25(39)40)13(10-42-24(18)36)7-34-3-2-15-11(6-34)1-4-35(15)8-14-5-12(9-41-14)21(29)30;1-2/h1-6,9,18,24,28H,7-8,10H2,(H6-,29,30,31,32,33,37,39,40);2H,1H3/t18-,24-;/m1./s1. The minimum Gasteiger partial charge on any atom is -0.543 e. The number of thioether (sulfide) groups is 1. The number of nitrogens with zero attached hydrogens (tertiary/aromatic N) is 4. The molecule has 2 amide bonds. The van der Waals surface area contributed by atoms with Gasteiger partial charge in [0.25, 0.3) is 11.8 Å². The number of hydrogen-bond acceptors (Lipinski definition) is 12. The number of aliphatic hydroxyl groups is 1. The molecule has 15 nitrogen and oxygen atoms in total. The Bertz CT molecular complexity index is 1900. The van der Waals surface area contributed by atoms with E-state index in [4.69, 9.17) is 43.4 Å². The fourth-order valence-corrected chi connectivity index (χ4v) is 7.28. The number of aliphatic carboxylic acids is 1. The Hall–Kier alpha value is -4.71. The molecule has 6 heterocycles. The molecule has 6 rings (SSSR count). The molecule has 2 aliphatic heterocycles. The monoisotopic (exact) mass is 671 g/mol. The molecule has 1 fully saturated rings. The average molecular weight is 672 g/mol. The summed E-state index contributed by atoms with van der Waals surface area (Å²) in [6.45, 7) is 0.622. The van der Waals surface area contributed by atoms with Gasteiger partial charge in [0.15, 0.2) is 24.1 Å². The fourth-order valence-electron chi connectivity index (χ4n) is 5.01. The largest absolute Gasteiger partial charge is 0.543 e. The van der Waals surface area contributed by atoms with Crippen LogP contribution in [0.5, 0.6) is 0 Å². The first kappa shape index (κ1) is 31.7. The van der Waals surface area contributed by atoms with Gasteiger partial charge in [-0.2, -0.15) is 0 Å². The van der Waals surface area contributed by atoms with Gasteiger partial charge in [-0.25, -0.2) is 9.55 Å². The van der Waals surface area contributed by atoms with Crippen LogP contribution in [0, 0.1) is 10.8 Å². The normalized spacial score (nSPS) is 17.3. The summed E-state index contributed by atoms with van der Waals surface area (Å²) in [5.74, 6) is -2.15. The van der Waals surface area contributed by atoms with Crippen LogP contribution in [0.3, 0.4) is 0 Å². The zero-order valence-corrected chi connectivity index (χ0v) is 25.8. The van der Waals surface area contributed by atoms with Crippen molar-refractivity contribution >= 4 is 80.1 Å². The summed E-state index contributed by atoms with van der Waals surface area (Å²) in [6.07, 6.45) is 7.00.